The third kappa shape index (κ3) is 5.93. The Hall–Kier alpha value is -1.28. The molecule has 1 aromatic carbocycles. The third-order valence-corrected chi connectivity index (χ3v) is 3.19. The normalized spacial score (nSPS) is 11.0. The zero-order valence-electron chi connectivity index (χ0n) is 12.6. The standard InChI is InChI=1S/C17H27NO/c1-5-11-18(15(3)4)12-8-13-19-17-10-7-9-16(6-2)14-17/h6-7,9-10,14-15H,2,5,8,11-13H2,1,3-4H3. The van der Waals surface area contributed by atoms with Gasteiger partial charge in [-0.15, -0.1) is 0 Å². The Balaban J connectivity index is 2.31. The van der Waals surface area contributed by atoms with Crippen LogP contribution in [-0.4, -0.2) is 30.6 Å². The Morgan fingerprint density at radius 2 is 2.11 bits per heavy atom. The molecule has 0 aliphatic carbocycles. The summed E-state index contributed by atoms with van der Waals surface area (Å²) >= 11 is 0. The second-order valence-corrected chi connectivity index (χ2v) is 5.11. The predicted octanol–water partition coefficient (Wildman–Crippen LogP) is 4.22. The van der Waals surface area contributed by atoms with Gasteiger partial charge in [-0.25, -0.2) is 0 Å². The smallest absolute Gasteiger partial charge is 0.119 e. The van der Waals surface area contributed by atoms with E-state index in [4.69, 9.17) is 4.74 Å². The second-order valence-electron chi connectivity index (χ2n) is 5.11. The van der Waals surface area contributed by atoms with Gasteiger partial charge in [0.25, 0.3) is 0 Å². The van der Waals surface area contributed by atoms with Crippen LogP contribution in [0.5, 0.6) is 5.75 Å². The maximum atomic E-state index is 5.78. The molecule has 0 fully saturated rings. The molecule has 0 N–H and O–H groups in total. The first kappa shape index (κ1) is 15.8. The highest BCUT2D eigenvalue weighted by Gasteiger charge is 2.07. The third-order valence-electron chi connectivity index (χ3n) is 3.19. The van der Waals surface area contributed by atoms with Crippen LogP contribution in [0.2, 0.25) is 0 Å². The number of hydrogen-bond acceptors (Lipinski definition) is 2. The molecule has 0 aliphatic heterocycles. The lowest BCUT2D eigenvalue weighted by Crippen LogP contribution is -2.33. The maximum Gasteiger partial charge on any atom is 0.119 e. The minimum atomic E-state index is 0.615. The predicted molar refractivity (Wildman–Crippen MR) is 83.6 cm³/mol. The quantitative estimate of drug-likeness (QED) is 0.617. The van der Waals surface area contributed by atoms with E-state index in [9.17, 15) is 0 Å². The van der Waals surface area contributed by atoms with Gasteiger partial charge in [-0.05, 0) is 50.9 Å². The van der Waals surface area contributed by atoms with E-state index in [-0.39, 0.29) is 0 Å². The number of hydrogen-bond donors (Lipinski definition) is 0. The fraction of sp³-hybridized carbons (Fsp3) is 0.529. The van der Waals surface area contributed by atoms with E-state index in [1.54, 1.807) is 0 Å². The van der Waals surface area contributed by atoms with E-state index in [1.807, 2.05) is 30.3 Å². The molecule has 0 radical (unpaired) electrons. The summed E-state index contributed by atoms with van der Waals surface area (Å²) in [5.41, 5.74) is 1.10. The maximum absolute atomic E-state index is 5.78. The van der Waals surface area contributed by atoms with Crippen molar-refractivity contribution in [1.29, 1.82) is 0 Å². The first-order chi connectivity index (χ1) is 9.17. The van der Waals surface area contributed by atoms with Crippen LogP contribution >= 0.6 is 0 Å². The summed E-state index contributed by atoms with van der Waals surface area (Å²) in [4.78, 5) is 2.50. The molecule has 0 amide bonds. The summed E-state index contributed by atoms with van der Waals surface area (Å²) in [5.74, 6) is 0.934. The Morgan fingerprint density at radius 1 is 1.32 bits per heavy atom. The van der Waals surface area contributed by atoms with Gasteiger partial charge in [0.15, 0.2) is 0 Å². The largest absolute Gasteiger partial charge is 0.494 e. The number of nitrogens with zero attached hydrogens (tertiary/aromatic N) is 1. The first-order valence-corrected chi connectivity index (χ1v) is 7.26. The van der Waals surface area contributed by atoms with E-state index in [2.05, 4.69) is 32.3 Å². The second kappa shape index (κ2) is 8.76. The van der Waals surface area contributed by atoms with Gasteiger partial charge in [0.05, 0.1) is 6.61 Å². The fourth-order valence-electron chi connectivity index (χ4n) is 2.10. The van der Waals surface area contributed by atoms with Crippen molar-refractivity contribution in [3.63, 3.8) is 0 Å². The molecule has 19 heavy (non-hydrogen) atoms. The van der Waals surface area contributed by atoms with E-state index in [0.717, 1.165) is 30.9 Å². The molecule has 1 rings (SSSR count). The van der Waals surface area contributed by atoms with Crippen molar-refractivity contribution >= 4 is 6.08 Å². The monoisotopic (exact) mass is 261 g/mol. The number of ether oxygens (including phenoxy) is 1. The molecule has 1 aromatic rings. The molecule has 0 atom stereocenters. The van der Waals surface area contributed by atoms with Gasteiger partial charge in [0.1, 0.15) is 5.75 Å². The average Bonchev–Trinajstić information content (AvgIpc) is 2.42. The molecular weight excluding hydrogens is 234 g/mol. The minimum Gasteiger partial charge on any atom is -0.494 e. The Morgan fingerprint density at radius 3 is 2.74 bits per heavy atom. The molecule has 0 heterocycles. The lowest BCUT2D eigenvalue weighted by Gasteiger charge is -2.25. The molecular formula is C17H27NO. The van der Waals surface area contributed by atoms with Gasteiger partial charge in [0.2, 0.25) is 0 Å². The van der Waals surface area contributed by atoms with Gasteiger partial charge < -0.3 is 9.64 Å². The van der Waals surface area contributed by atoms with Gasteiger partial charge in [0, 0.05) is 12.6 Å². The van der Waals surface area contributed by atoms with Gasteiger partial charge in [-0.1, -0.05) is 31.7 Å². The average molecular weight is 261 g/mol. The summed E-state index contributed by atoms with van der Waals surface area (Å²) in [6.45, 7) is 13.6. The Bertz CT molecular complexity index is 373. The summed E-state index contributed by atoms with van der Waals surface area (Å²) < 4.78 is 5.78. The van der Waals surface area contributed by atoms with E-state index >= 15 is 0 Å². The van der Waals surface area contributed by atoms with Crippen LogP contribution in [-0.2, 0) is 0 Å². The Kier molecular flexibility index (Phi) is 7.27. The van der Waals surface area contributed by atoms with Crippen molar-refractivity contribution < 1.29 is 4.74 Å². The molecule has 0 saturated carbocycles. The Labute approximate surface area is 118 Å². The van der Waals surface area contributed by atoms with Crippen LogP contribution in [0.1, 0.15) is 39.2 Å². The SMILES string of the molecule is C=Cc1cccc(OCCCN(CCC)C(C)C)c1. The van der Waals surface area contributed by atoms with Crippen LogP contribution < -0.4 is 4.74 Å². The minimum absolute atomic E-state index is 0.615. The van der Waals surface area contributed by atoms with Crippen molar-refractivity contribution in [3.05, 3.63) is 36.4 Å². The summed E-state index contributed by atoms with van der Waals surface area (Å²) in [5, 5.41) is 0. The number of benzene rings is 1. The summed E-state index contributed by atoms with van der Waals surface area (Å²) in [6.07, 6.45) is 4.12. The highest BCUT2D eigenvalue weighted by atomic mass is 16.5. The van der Waals surface area contributed by atoms with E-state index in [1.165, 1.54) is 13.0 Å². The van der Waals surface area contributed by atoms with Crippen LogP contribution in [0.3, 0.4) is 0 Å². The van der Waals surface area contributed by atoms with E-state index < -0.39 is 0 Å². The van der Waals surface area contributed by atoms with Gasteiger partial charge >= 0.3 is 0 Å². The van der Waals surface area contributed by atoms with Crippen LogP contribution in [0.4, 0.5) is 0 Å². The van der Waals surface area contributed by atoms with Crippen molar-refractivity contribution in [2.24, 2.45) is 0 Å². The molecule has 0 saturated heterocycles. The van der Waals surface area contributed by atoms with Gasteiger partial charge in [-0.3, -0.25) is 0 Å². The lowest BCUT2D eigenvalue weighted by molar-refractivity contribution is 0.198. The van der Waals surface area contributed by atoms with Crippen molar-refractivity contribution in [2.75, 3.05) is 19.7 Å². The van der Waals surface area contributed by atoms with Crippen LogP contribution in [0.25, 0.3) is 6.08 Å². The highest BCUT2D eigenvalue weighted by Crippen LogP contribution is 2.14. The zero-order chi connectivity index (χ0) is 14.1. The van der Waals surface area contributed by atoms with Crippen molar-refractivity contribution in [2.45, 2.75) is 39.7 Å². The summed E-state index contributed by atoms with van der Waals surface area (Å²) in [7, 11) is 0. The first-order valence-electron chi connectivity index (χ1n) is 7.26. The molecule has 106 valence electrons. The molecule has 0 bridgehead atoms. The highest BCUT2D eigenvalue weighted by molar-refractivity contribution is 5.49. The zero-order valence-corrected chi connectivity index (χ0v) is 12.6. The molecule has 2 heteroatoms. The van der Waals surface area contributed by atoms with Crippen LogP contribution in [0.15, 0.2) is 30.8 Å². The topological polar surface area (TPSA) is 12.5 Å². The molecule has 0 aromatic heterocycles. The molecule has 0 spiro atoms. The fourth-order valence-corrected chi connectivity index (χ4v) is 2.10. The molecule has 0 aliphatic rings. The van der Waals surface area contributed by atoms with Crippen molar-refractivity contribution in [1.82, 2.24) is 4.90 Å². The lowest BCUT2D eigenvalue weighted by atomic mass is 10.2. The summed E-state index contributed by atoms with van der Waals surface area (Å²) in [6, 6.07) is 8.67. The van der Waals surface area contributed by atoms with Crippen molar-refractivity contribution in [3.8, 4) is 5.75 Å². The van der Waals surface area contributed by atoms with Gasteiger partial charge in [-0.2, -0.15) is 0 Å². The molecule has 2 nitrogen and oxygen atoms in total. The van der Waals surface area contributed by atoms with E-state index in [0.29, 0.717) is 6.04 Å². The van der Waals surface area contributed by atoms with Crippen LogP contribution in [0, 0.1) is 0 Å². The number of rotatable bonds is 9. The molecule has 0 unspecified atom stereocenters.